The van der Waals surface area contributed by atoms with E-state index in [1.807, 2.05) is 0 Å². The first-order valence-corrected chi connectivity index (χ1v) is 6.93. The van der Waals surface area contributed by atoms with Gasteiger partial charge in [0.15, 0.2) is 6.61 Å². The fraction of sp³-hybridized carbons (Fsp3) is 0.375. The van der Waals surface area contributed by atoms with Crippen molar-refractivity contribution < 1.29 is 19.4 Å². The molecule has 5 heteroatoms. The Morgan fingerprint density at radius 3 is 2.48 bits per heavy atom. The Morgan fingerprint density at radius 1 is 1.33 bits per heavy atom. The zero-order valence-corrected chi connectivity index (χ0v) is 11.8. The van der Waals surface area contributed by atoms with Gasteiger partial charge in [0, 0.05) is 5.69 Å². The number of benzene rings is 1. The van der Waals surface area contributed by atoms with Gasteiger partial charge in [-0.25, -0.2) is 4.79 Å². The van der Waals surface area contributed by atoms with Crippen LogP contribution in [0.15, 0.2) is 36.9 Å². The minimum absolute atomic E-state index is 0.0212. The van der Waals surface area contributed by atoms with Crippen LogP contribution in [0.3, 0.4) is 0 Å². The summed E-state index contributed by atoms with van der Waals surface area (Å²) in [5, 5.41) is 11.4. The number of hydrogen-bond donors (Lipinski definition) is 2. The molecule has 1 amide bonds. The number of rotatable bonds is 7. The number of allylic oxidation sites excluding steroid dienone is 1. The second kappa shape index (κ2) is 6.43. The fourth-order valence-corrected chi connectivity index (χ4v) is 2.45. The van der Waals surface area contributed by atoms with Crippen molar-refractivity contribution in [2.24, 2.45) is 5.41 Å². The molecule has 0 radical (unpaired) electrons. The molecular weight excluding hydrogens is 270 g/mol. The van der Waals surface area contributed by atoms with E-state index in [-0.39, 0.29) is 17.9 Å². The zero-order chi connectivity index (χ0) is 15.3. The third kappa shape index (κ3) is 3.62. The second-order valence-electron chi connectivity index (χ2n) is 5.29. The Labute approximate surface area is 123 Å². The van der Waals surface area contributed by atoms with Crippen molar-refractivity contribution >= 4 is 17.6 Å². The smallest absolute Gasteiger partial charge is 0.341 e. The lowest BCUT2D eigenvalue weighted by Gasteiger charge is -2.39. The van der Waals surface area contributed by atoms with Gasteiger partial charge >= 0.3 is 5.97 Å². The van der Waals surface area contributed by atoms with Crippen molar-refractivity contribution in [1.29, 1.82) is 0 Å². The van der Waals surface area contributed by atoms with Crippen LogP contribution in [0, 0.1) is 5.41 Å². The molecule has 2 rings (SSSR count). The predicted molar refractivity (Wildman–Crippen MR) is 79.3 cm³/mol. The molecule has 21 heavy (non-hydrogen) atoms. The van der Waals surface area contributed by atoms with E-state index in [4.69, 9.17) is 9.84 Å². The number of carbonyl (C=O) groups is 2. The minimum atomic E-state index is -1.02. The number of carboxylic acid groups (broad SMARTS) is 1. The molecule has 1 aliphatic rings. The number of nitrogens with one attached hydrogen (secondary N) is 1. The van der Waals surface area contributed by atoms with Gasteiger partial charge in [0.05, 0.1) is 5.41 Å². The highest BCUT2D eigenvalue weighted by molar-refractivity contribution is 5.96. The average molecular weight is 289 g/mol. The SMILES string of the molecule is C=CCC1(C(=O)Nc2ccc(OCC(=O)O)cc2)CCC1. The average Bonchev–Trinajstić information content (AvgIpc) is 2.42. The number of hydrogen-bond acceptors (Lipinski definition) is 3. The Kier molecular flexibility index (Phi) is 4.62. The van der Waals surface area contributed by atoms with Gasteiger partial charge in [-0.2, -0.15) is 0 Å². The molecule has 1 aromatic carbocycles. The minimum Gasteiger partial charge on any atom is -0.482 e. The van der Waals surface area contributed by atoms with Gasteiger partial charge < -0.3 is 15.2 Å². The highest BCUT2D eigenvalue weighted by atomic mass is 16.5. The van der Waals surface area contributed by atoms with Crippen molar-refractivity contribution in [2.45, 2.75) is 25.7 Å². The number of carboxylic acids is 1. The van der Waals surface area contributed by atoms with Crippen molar-refractivity contribution in [3.63, 3.8) is 0 Å². The molecule has 1 fully saturated rings. The summed E-state index contributed by atoms with van der Waals surface area (Å²) in [7, 11) is 0. The number of aliphatic carboxylic acids is 1. The first-order chi connectivity index (χ1) is 10.1. The monoisotopic (exact) mass is 289 g/mol. The largest absolute Gasteiger partial charge is 0.482 e. The summed E-state index contributed by atoms with van der Waals surface area (Å²) >= 11 is 0. The van der Waals surface area contributed by atoms with Gasteiger partial charge in [-0.3, -0.25) is 4.79 Å². The fourth-order valence-electron chi connectivity index (χ4n) is 2.45. The third-order valence-electron chi connectivity index (χ3n) is 3.80. The molecule has 112 valence electrons. The molecule has 5 nitrogen and oxygen atoms in total. The van der Waals surface area contributed by atoms with E-state index in [2.05, 4.69) is 11.9 Å². The molecule has 0 saturated heterocycles. The van der Waals surface area contributed by atoms with Crippen LogP contribution in [0.4, 0.5) is 5.69 Å². The molecule has 0 spiro atoms. The van der Waals surface area contributed by atoms with Crippen molar-refractivity contribution in [3.8, 4) is 5.75 Å². The van der Waals surface area contributed by atoms with E-state index >= 15 is 0 Å². The maximum absolute atomic E-state index is 12.3. The summed E-state index contributed by atoms with van der Waals surface area (Å²) in [5.41, 5.74) is 0.373. The topological polar surface area (TPSA) is 75.6 Å². The maximum atomic E-state index is 12.3. The molecule has 0 heterocycles. The van der Waals surface area contributed by atoms with Crippen LogP contribution in [0.5, 0.6) is 5.75 Å². The van der Waals surface area contributed by atoms with Crippen LogP contribution in [-0.4, -0.2) is 23.6 Å². The Balaban J connectivity index is 1.95. The summed E-state index contributed by atoms with van der Waals surface area (Å²) < 4.78 is 5.04. The molecular formula is C16H19NO4. The summed E-state index contributed by atoms with van der Waals surface area (Å²) in [6, 6.07) is 6.68. The quantitative estimate of drug-likeness (QED) is 0.757. The van der Waals surface area contributed by atoms with Gasteiger partial charge in [-0.05, 0) is 43.5 Å². The van der Waals surface area contributed by atoms with Gasteiger partial charge in [0.25, 0.3) is 0 Å². The lowest BCUT2D eigenvalue weighted by molar-refractivity contribution is -0.139. The number of carbonyl (C=O) groups excluding carboxylic acids is 1. The summed E-state index contributed by atoms with van der Waals surface area (Å²) in [5.74, 6) is -0.545. The Morgan fingerprint density at radius 2 is 2.00 bits per heavy atom. The summed E-state index contributed by atoms with van der Waals surface area (Å²) in [4.78, 5) is 22.7. The van der Waals surface area contributed by atoms with E-state index in [1.165, 1.54) is 0 Å². The Bertz CT molecular complexity index is 532. The van der Waals surface area contributed by atoms with E-state index in [0.717, 1.165) is 19.3 Å². The summed E-state index contributed by atoms with van der Waals surface area (Å²) in [6.07, 6.45) is 5.35. The van der Waals surface area contributed by atoms with Gasteiger partial charge in [0.1, 0.15) is 5.75 Å². The van der Waals surface area contributed by atoms with Crippen molar-refractivity contribution in [1.82, 2.24) is 0 Å². The molecule has 1 saturated carbocycles. The highest BCUT2D eigenvalue weighted by Gasteiger charge is 2.42. The number of anilines is 1. The van der Waals surface area contributed by atoms with Crippen LogP contribution in [0.25, 0.3) is 0 Å². The van der Waals surface area contributed by atoms with Gasteiger partial charge in [-0.15, -0.1) is 6.58 Å². The summed E-state index contributed by atoms with van der Waals surface area (Å²) in [6.45, 7) is 3.34. The Hall–Kier alpha value is -2.30. The third-order valence-corrected chi connectivity index (χ3v) is 3.80. The molecule has 1 aromatic rings. The molecule has 0 aromatic heterocycles. The molecule has 2 N–H and O–H groups in total. The normalized spacial score (nSPS) is 15.6. The van der Waals surface area contributed by atoms with E-state index in [1.54, 1.807) is 30.3 Å². The number of ether oxygens (including phenoxy) is 1. The van der Waals surface area contributed by atoms with Crippen LogP contribution in [0.2, 0.25) is 0 Å². The van der Waals surface area contributed by atoms with Crippen LogP contribution in [-0.2, 0) is 9.59 Å². The van der Waals surface area contributed by atoms with E-state index < -0.39 is 5.97 Å². The highest BCUT2D eigenvalue weighted by Crippen LogP contribution is 2.45. The lowest BCUT2D eigenvalue weighted by Crippen LogP contribution is -2.41. The maximum Gasteiger partial charge on any atom is 0.341 e. The van der Waals surface area contributed by atoms with Crippen LogP contribution >= 0.6 is 0 Å². The van der Waals surface area contributed by atoms with Crippen molar-refractivity contribution in [2.75, 3.05) is 11.9 Å². The second-order valence-corrected chi connectivity index (χ2v) is 5.29. The first kappa shape index (κ1) is 15.1. The zero-order valence-electron chi connectivity index (χ0n) is 11.8. The van der Waals surface area contributed by atoms with Gasteiger partial charge in [-0.1, -0.05) is 12.5 Å². The van der Waals surface area contributed by atoms with Crippen molar-refractivity contribution in [3.05, 3.63) is 36.9 Å². The van der Waals surface area contributed by atoms with E-state index in [0.29, 0.717) is 17.9 Å². The van der Waals surface area contributed by atoms with Gasteiger partial charge in [0.2, 0.25) is 5.91 Å². The molecule has 1 aliphatic carbocycles. The molecule has 0 atom stereocenters. The standard InChI is InChI=1S/C16H19NO4/c1-2-8-16(9-3-10-16)15(20)17-12-4-6-13(7-5-12)21-11-14(18)19/h2,4-7H,1,3,8-11H2,(H,17,20)(H,18,19). The molecule has 0 unspecified atom stereocenters. The molecule has 0 aliphatic heterocycles. The van der Waals surface area contributed by atoms with Crippen LogP contribution in [0.1, 0.15) is 25.7 Å². The van der Waals surface area contributed by atoms with E-state index in [9.17, 15) is 9.59 Å². The molecule has 0 bridgehead atoms. The first-order valence-electron chi connectivity index (χ1n) is 6.93. The number of amides is 1. The van der Waals surface area contributed by atoms with Crippen LogP contribution < -0.4 is 10.1 Å². The lowest BCUT2D eigenvalue weighted by atomic mass is 9.66. The predicted octanol–water partition coefficient (Wildman–Crippen LogP) is 2.83.